The quantitative estimate of drug-likeness (QED) is 0.203. The Balaban J connectivity index is 0.000000181. The maximum atomic E-state index is 2.39. The van der Waals surface area contributed by atoms with Crippen LogP contribution in [-0.2, 0) is 26.2 Å². The first kappa shape index (κ1) is 27.6. The maximum absolute atomic E-state index is 2.39. The second kappa shape index (κ2) is 11.8. The fourth-order valence-electron chi connectivity index (χ4n) is 4.81. The molecule has 0 saturated carbocycles. The summed E-state index contributed by atoms with van der Waals surface area (Å²) in [5.74, 6) is 0. The Bertz CT molecular complexity index is 1550. The molecular formula is C31H23Cl2PZr. The van der Waals surface area contributed by atoms with Crippen LogP contribution in [0.4, 0.5) is 0 Å². The molecular weight excluding hydrogens is 565 g/mol. The fraction of sp³-hybridized carbons (Fsp3) is 0.0323. The van der Waals surface area contributed by atoms with Gasteiger partial charge in [-0.2, -0.15) is 18.2 Å². The Morgan fingerprint density at radius 3 is 2.06 bits per heavy atom. The van der Waals surface area contributed by atoms with E-state index in [0.29, 0.717) is 0 Å². The van der Waals surface area contributed by atoms with E-state index in [9.17, 15) is 0 Å². The van der Waals surface area contributed by atoms with E-state index < -0.39 is 0 Å². The van der Waals surface area contributed by atoms with Crippen LogP contribution in [0.3, 0.4) is 0 Å². The third kappa shape index (κ3) is 5.12. The van der Waals surface area contributed by atoms with Gasteiger partial charge in [0.05, 0.1) is 0 Å². The van der Waals surface area contributed by atoms with Crippen molar-refractivity contribution >= 4 is 40.1 Å². The Morgan fingerprint density at radius 2 is 1.26 bits per heavy atom. The number of fused-ring (bicyclic) bond motifs is 4. The van der Waals surface area contributed by atoms with Crippen molar-refractivity contribution in [3.63, 3.8) is 0 Å². The van der Waals surface area contributed by atoms with Crippen LogP contribution in [0.2, 0.25) is 0 Å². The minimum Gasteiger partial charge on any atom is -1.00 e. The molecule has 0 aliphatic carbocycles. The summed E-state index contributed by atoms with van der Waals surface area (Å²) in [5, 5.41) is 8.48. The van der Waals surface area contributed by atoms with Crippen LogP contribution in [-0.4, -0.2) is 6.66 Å². The summed E-state index contributed by atoms with van der Waals surface area (Å²) >= 11 is 0. The molecule has 1 aliphatic heterocycles. The zero-order valence-electron chi connectivity index (χ0n) is 19.3. The molecule has 2 bridgehead atoms. The summed E-state index contributed by atoms with van der Waals surface area (Å²) < 4.78 is 0. The van der Waals surface area contributed by atoms with Gasteiger partial charge in [-0.25, -0.2) is 0 Å². The Labute approximate surface area is 239 Å². The van der Waals surface area contributed by atoms with Gasteiger partial charge in [0.25, 0.3) is 0 Å². The first-order valence-corrected chi connectivity index (χ1v) is 12.8. The molecule has 0 saturated heterocycles. The van der Waals surface area contributed by atoms with Gasteiger partial charge in [0.15, 0.2) is 0 Å². The van der Waals surface area contributed by atoms with E-state index in [0.717, 1.165) is 0 Å². The van der Waals surface area contributed by atoms with Gasteiger partial charge in [-0.05, 0) is 23.1 Å². The van der Waals surface area contributed by atoms with Crippen molar-refractivity contribution in [1.29, 1.82) is 0 Å². The maximum Gasteiger partial charge on any atom is 4.00 e. The minimum absolute atomic E-state index is 0. The predicted octanol–water partition coefficient (Wildman–Crippen LogP) is 1.83. The summed E-state index contributed by atoms with van der Waals surface area (Å²) in [6.07, 6.45) is 0. The van der Waals surface area contributed by atoms with Gasteiger partial charge in [-0.1, -0.05) is 85.8 Å². The molecule has 0 radical (unpaired) electrons. The second-order valence-corrected chi connectivity index (χ2v) is 10.4. The Hall–Kier alpha value is -2.01. The molecule has 1 atom stereocenters. The minimum atomic E-state index is -0.192. The van der Waals surface area contributed by atoms with Gasteiger partial charge in [0, 0.05) is 0 Å². The van der Waals surface area contributed by atoms with Gasteiger partial charge in [-0.15, -0.1) is 63.2 Å². The average Bonchev–Trinajstić information content (AvgIpc) is 3.49. The average molecular weight is 589 g/mol. The summed E-state index contributed by atoms with van der Waals surface area (Å²) in [5.41, 5.74) is 5.43. The van der Waals surface area contributed by atoms with E-state index in [2.05, 4.69) is 128 Å². The predicted molar refractivity (Wildman–Crippen MR) is 142 cm³/mol. The van der Waals surface area contributed by atoms with Crippen molar-refractivity contribution in [1.82, 2.24) is 0 Å². The van der Waals surface area contributed by atoms with E-state index >= 15 is 0 Å². The molecule has 7 rings (SSSR count). The van der Waals surface area contributed by atoms with Crippen LogP contribution in [0.1, 0.15) is 0 Å². The molecule has 0 N–H and O–H groups in total. The van der Waals surface area contributed by atoms with Crippen molar-refractivity contribution < 1.29 is 51.0 Å². The molecule has 0 spiro atoms. The topological polar surface area (TPSA) is 0 Å². The third-order valence-corrected chi connectivity index (χ3v) is 8.59. The SMILES string of the molecule is CP1c2cc3c(cccc3[cH-]2)-c2ccccc21.[Cl-].[Cl-].[Zr+4].c1ccc(-c2cccc3[cH-]ccc23)cc1. The van der Waals surface area contributed by atoms with Crippen LogP contribution in [0.25, 0.3) is 43.8 Å². The summed E-state index contributed by atoms with van der Waals surface area (Å²) in [6, 6.07) is 43.7. The van der Waals surface area contributed by atoms with Crippen molar-refractivity contribution in [2.75, 3.05) is 6.66 Å². The molecule has 1 heterocycles. The summed E-state index contributed by atoms with van der Waals surface area (Å²) in [7, 11) is -0.192. The molecule has 170 valence electrons. The standard InChI is InChI=1S/C16H12P.C15H11.2ClH.Zr/c1-17-12-9-11-5-4-7-13(15(11)10-12)14-6-2-3-8-16(14)17;1-2-6-12(7-3-1)14-10-4-8-13-9-5-11-15(13)14;;;/h2-10H,1H3;1-11H;2*1H;/q2*-1;;;+4/p-2. The van der Waals surface area contributed by atoms with E-state index in [-0.39, 0.29) is 58.9 Å². The summed E-state index contributed by atoms with van der Waals surface area (Å²) in [4.78, 5) is 0. The molecule has 0 nitrogen and oxygen atoms in total. The smallest absolute Gasteiger partial charge is 1.00 e. The van der Waals surface area contributed by atoms with Crippen LogP contribution in [0.15, 0.2) is 121 Å². The normalized spacial score (nSPS) is 12.9. The van der Waals surface area contributed by atoms with E-state index in [1.807, 2.05) is 0 Å². The molecule has 35 heavy (non-hydrogen) atoms. The van der Waals surface area contributed by atoms with Crippen molar-refractivity contribution in [3.05, 3.63) is 121 Å². The Kier molecular flexibility index (Phi) is 9.31. The molecule has 0 fully saturated rings. The van der Waals surface area contributed by atoms with Gasteiger partial charge in [0.2, 0.25) is 0 Å². The molecule has 0 amide bonds. The monoisotopic (exact) mass is 586 g/mol. The number of hydrogen-bond acceptors (Lipinski definition) is 0. The van der Waals surface area contributed by atoms with Crippen LogP contribution >= 0.6 is 7.92 Å². The Morgan fingerprint density at radius 1 is 0.600 bits per heavy atom. The van der Waals surface area contributed by atoms with Crippen molar-refractivity contribution in [3.8, 4) is 22.3 Å². The molecule has 1 unspecified atom stereocenters. The third-order valence-electron chi connectivity index (χ3n) is 6.44. The molecule has 4 heteroatoms. The number of halogens is 2. The zero-order chi connectivity index (χ0) is 21.5. The number of benzene rings is 4. The zero-order valence-corrected chi connectivity index (χ0v) is 24.1. The molecule has 6 aromatic rings. The van der Waals surface area contributed by atoms with E-state index in [4.69, 9.17) is 0 Å². The largest absolute Gasteiger partial charge is 4.00 e. The van der Waals surface area contributed by atoms with E-state index in [1.54, 1.807) is 0 Å². The first-order chi connectivity index (χ1) is 15.8. The number of hydrogen-bond donors (Lipinski definition) is 0. The van der Waals surface area contributed by atoms with Gasteiger partial charge in [-0.3, -0.25) is 0 Å². The number of rotatable bonds is 1. The van der Waals surface area contributed by atoms with Crippen LogP contribution in [0.5, 0.6) is 0 Å². The summed E-state index contributed by atoms with van der Waals surface area (Å²) in [6.45, 7) is 2.37. The van der Waals surface area contributed by atoms with E-state index in [1.165, 1.54) is 54.4 Å². The molecule has 0 aromatic heterocycles. The van der Waals surface area contributed by atoms with Crippen molar-refractivity contribution in [2.24, 2.45) is 0 Å². The van der Waals surface area contributed by atoms with Crippen molar-refractivity contribution in [2.45, 2.75) is 0 Å². The first-order valence-electron chi connectivity index (χ1n) is 11.0. The van der Waals surface area contributed by atoms with Gasteiger partial charge < -0.3 is 24.8 Å². The molecule has 6 aromatic carbocycles. The van der Waals surface area contributed by atoms with Crippen LogP contribution in [0, 0.1) is 0 Å². The van der Waals surface area contributed by atoms with Gasteiger partial charge in [0.1, 0.15) is 0 Å². The fourth-order valence-corrected chi connectivity index (χ4v) is 6.61. The molecule has 1 aliphatic rings. The second-order valence-electron chi connectivity index (χ2n) is 8.30. The van der Waals surface area contributed by atoms with Crippen LogP contribution < -0.4 is 35.4 Å². The van der Waals surface area contributed by atoms with Gasteiger partial charge >= 0.3 is 26.2 Å².